The molecule has 0 spiro atoms. The fraction of sp³-hybridized carbons (Fsp3) is 0.323. The Balaban J connectivity index is 1.97. The molecular formula is C31H35N3O2. The van der Waals surface area contributed by atoms with E-state index in [2.05, 4.69) is 20.8 Å². The van der Waals surface area contributed by atoms with Crippen molar-refractivity contribution in [3.05, 3.63) is 105 Å². The Labute approximate surface area is 213 Å². The largest absolute Gasteiger partial charge is 0.328 e. The average molecular weight is 482 g/mol. The van der Waals surface area contributed by atoms with E-state index < -0.39 is 0 Å². The van der Waals surface area contributed by atoms with Gasteiger partial charge in [0.25, 0.3) is 11.5 Å². The number of carbonyl (C=O) groups excluding carboxylic acids is 1. The summed E-state index contributed by atoms with van der Waals surface area (Å²) in [6, 6.07) is 20.8. The molecule has 0 bridgehead atoms. The molecule has 4 rings (SSSR count). The standard InChI is InChI=1S/C31H35N3O2/c1-7-28(33(19-20(2)3)30(35)24-15-12-21(4)13-16-24)29-32-27-11-9-8-10-26(27)31(36)34(29)25-17-14-22(5)23(6)18-25/h8-18,20,28H,7,19H2,1-6H3. The predicted molar refractivity (Wildman–Crippen MR) is 147 cm³/mol. The average Bonchev–Trinajstić information content (AvgIpc) is 2.86. The summed E-state index contributed by atoms with van der Waals surface area (Å²) >= 11 is 0. The van der Waals surface area contributed by atoms with E-state index in [-0.39, 0.29) is 23.4 Å². The zero-order chi connectivity index (χ0) is 26.0. The van der Waals surface area contributed by atoms with Crippen LogP contribution in [0.3, 0.4) is 0 Å². The summed E-state index contributed by atoms with van der Waals surface area (Å²) in [4.78, 5) is 34.7. The topological polar surface area (TPSA) is 55.2 Å². The van der Waals surface area contributed by atoms with Crippen LogP contribution in [0, 0.1) is 26.7 Å². The van der Waals surface area contributed by atoms with Gasteiger partial charge in [-0.05, 0) is 80.6 Å². The molecule has 0 radical (unpaired) electrons. The number of aryl methyl sites for hydroxylation is 3. The number of nitrogens with zero attached hydrogens (tertiary/aromatic N) is 3. The fourth-order valence-electron chi connectivity index (χ4n) is 4.64. The highest BCUT2D eigenvalue weighted by Gasteiger charge is 2.30. The molecule has 5 nitrogen and oxygen atoms in total. The quantitative estimate of drug-likeness (QED) is 0.300. The highest BCUT2D eigenvalue weighted by molar-refractivity contribution is 5.94. The van der Waals surface area contributed by atoms with Crippen LogP contribution in [0.5, 0.6) is 0 Å². The second-order valence-corrected chi connectivity index (χ2v) is 10.0. The second kappa shape index (κ2) is 10.5. The van der Waals surface area contributed by atoms with E-state index >= 15 is 0 Å². The third-order valence-corrected chi connectivity index (χ3v) is 6.73. The number of fused-ring (bicyclic) bond motifs is 1. The first-order chi connectivity index (χ1) is 17.2. The predicted octanol–water partition coefficient (Wildman–Crippen LogP) is 6.56. The number of rotatable bonds is 7. The summed E-state index contributed by atoms with van der Waals surface area (Å²) in [5.41, 5.74) is 5.29. The minimum Gasteiger partial charge on any atom is -0.328 e. The van der Waals surface area contributed by atoms with Gasteiger partial charge < -0.3 is 4.90 Å². The highest BCUT2D eigenvalue weighted by atomic mass is 16.2. The maximum absolute atomic E-state index is 13.9. The third kappa shape index (κ3) is 4.97. The monoisotopic (exact) mass is 481 g/mol. The van der Waals surface area contributed by atoms with Crippen LogP contribution in [0.4, 0.5) is 0 Å². The van der Waals surface area contributed by atoms with Crippen molar-refractivity contribution >= 4 is 16.8 Å². The highest BCUT2D eigenvalue weighted by Crippen LogP contribution is 2.29. The maximum atomic E-state index is 13.9. The molecule has 36 heavy (non-hydrogen) atoms. The first-order valence-electron chi connectivity index (χ1n) is 12.7. The smallest absolute Gasteiger partial charge is 0.266 e. The minimum absolute atomic E-state index is 0.0513. The van der Waals surface area contributed by atoms with Gasteiger partial charge in [-0.25, -0.2) is 4.98 Å². The van der Waals surface area contributed by atoms with Gasteiger partial charge in [-0.1, -0.05) is 56.7 Å². The molecule has 0 aliphatic rings. The Morgan fingerprint density at radius 1 is 0.944 bits per heavy atom. The van der Waals surface area contributed by atoms with Crippen LogP contribution >= 0.6 is 0 Å². The van der Waals surface area contributed by atoms with Gasteiger partial charge in [0.05, 0.1) is 22.6 Å². The van der Waals surface area contributed by atoms with Crippen molar-refractivity contribution in [2.24, 2.45) is 5.92 Å². The molecule has 1 unspecified atom stereocenters. The van der Waals surface area contributed by atoms with Crippen LogP contribution in [0.15, 0.2) is 71.5 Å². The summed E-state index contributed by atoms with van der Waals surface area (Å²) in [6.45, 7) is 12.9. The van der Waals surface area contributed by atoms with Crippen LogP contribution in [0.2, 0.25) is 0 Å². The lowest BCUT2D eigenvalue weighted by molar-refractivity contribution is 0.0631. The molecule has 1 aromatic heterocycles. The van der Waals surface area contributed by atoms with Gasteiger partial charge in [-0.2, -0.15) is 0 Å². The Bertz CT molecular complexity index is 1450. The lowest BCUT2D eigenvalue weighted by Gasteiger charge is -2.33. The Kier molecular flexibility index (Phi) is 7.39. The van der Waals surface area contributed by atoms with E-state index in [4.69, 9.17) is 4.98 Å². The minimum atomic E-state index is -0.375. The van der Waals surface area contributed by atoms with Crippen molar-refractivity contribution in [3.8, 4) is 5.69 Å². The summed E-state index contributed by atoms with van der Waals surface area (Å²) < 4.78 is 1.71. The van der Waals surface area contributed by atoms with E-state index in [0.717, 1.165) is 22.4 Å². The summed E-state index contributed by atoms with van der Waals surface area (Å²) in [7, 11) is 0. The first kappa shape index (κ1) is 25.4. The van der Waals surface area contributed by atoms with Gasteiger partial charge in [-0.3, -0.25) is 14.2 Å². The van der Waals surface area contributed by atoms with Gasteiger partial charge in [0, 0.05) is 12.1 Å². The Hall–Kier alpha value is -3.73. The van der Waals surface area contributed by atoms with Crippen molar-refractivity contribution < 1.29 is 4.79 Å². The van der Waals surface area contributed by atoms with Crippen molar-refractivity contribution in [1.29, 1.82) is 0 Å². The number of hydrogen-bond donors (Lipinski definition) is 0. The zero-order valence-electron chi connectivity index (χ0n) is 22.1. The van der Waals surface area contributed by atoms with Crippen molar-refractivity contribution in [1.82, 2.24) is 14.5 Å². The van der Waals surface area contributed by atoms with Crippen LogP contribution in [0.25, 0.3) is 16.6 Å². The molecule has 1 atom stereocenters. The van der Waals surface area contributed by atoms with E-state index in [0.29, 0.717) is 35.3 Å². The Morgan fingerprint density at radius 3 is 2.28 bits per heavy atom. The number of aromatic nitrogens is 2. The van der Waals surface area contributed by atoms with Gasteiger partial charge >= 0.3 is 0 Å². The molecule has 0 saturated carbocycles. The SMILES string of the molecule is CCC(c1nc2ccccc2c(=O)n1-c1ccc(C)c(C)c1)N(CC(C)C)C(=O)c1ccc(C)cc1. The van der Waals surface area contributed by atoms with Gasteiger partial charge in [-0.15, -0.1) is 0 Å². The molecule has 1 amide bonds. The lowest BCUT2D eigenvalue weighted by atomic mass is 10.0. The molecular weight excluding hydrogens is 446 g/mol. The van der Waals surface area contributed by atoms with Crippen LogP contribution in [0.1, 0.15) is 66.1 Å². The molecule has 0 aliphatic heterocycles. The molecule has 186 valence electrons. The van der Waals surface area contributed by atoms with E-state index in [1.165, 1.54) is 0 Å². The van der Waals surface area contributed by atoms with Gasteiger partial charge in [0.15, 0.2) is 0 Å². The van der Waals surface area contributed by atoms with Crippen molar-refractivity contribution in [3.63, 3.8) is 0 Å². The summed E-state index contributed by atoms with van der Waals surface area (Å²) in [6.07, 6.45) is 0.625. The molecule has 0 fully saturated rings. The van der Waals surface area contributed by atoms with E-state index in [9.17, 15) is 9.59 Å². The van der Waals surface area contributed by atoms with Crippen LogP contribution in [-0.4, -0.2) is 26.9 Å². The van der Waals surface area contributed by atoms with Crippen molar-refractivity contribution in [2.45, 2.75) is 54.0 Å². The summed E-state index contributed by atoms with van der Waals surface area (Å²) in [5.74, 6) is 0.783. The lowest BCUT2D eigenvalue weighted by Crippen LogP contribution is -2.40. The molecule has 0 saturated heterocycles. The molecule has 0 N–H and O–H groups in total. The maximum Gasteiger partial charge on any atom is 0.266 e. The van der Waals surface area contributed by atoms with Crippen LogP contribution < -0.4 is 5.56 Å². The van der Waals surface area contributed by atoms with E-state index in [1.54, 1.807) is 4.57 Å². The third-order valence-electron chi connectivity index (χ3n) is 6.73. The molecule has 4 aromatic rings. The normalized spacial score (nSPS) is 12.2. The number of benzene rings is 3. The van der Waals surface area contributed by atoms with E-state index in [1.807, 2.05) is 92.4 Å². The number of para-hydroxylation sites is 1. The number of amides is 1. The second-order valence-electron chi connectivity index (χ2n) is 10.0. The van der Waals surface area contributed by atoms with Crippen molar-refractivity contribution in [2.75, 3.05) is 6.54 Å². The molecule has 1 heterocycles. The molecule has 3 aromatic carbocycles. The van der Waals surface area contributed by atoms with Gasteiger partial charge in [0.2, 0.25) is 0 Å². The van der Waals surface area contributed by atoms with Crippen LogP contribution in [-0.2, 0) is 0 Å². The fourth-order valence-corrected chi connectivity index (χ4v) is 4.64. The first-order valence-corrected chi connectivity index (χ1v) is 12.7. The molecule has 0 aliphatic carbocycles. The number of hydrogen-bond acceptors (Lipinski definition) is 3. The summed E-state index contributed by atoms with van der Waals surface area (Å²) in [5, 5.41) is 0.564. The Morgan fingerprint density at radius 2 is 1.64 bits per heavy atom. The number of carbonyl (C=O) groups is 1. The molecule has 5 heteroatoms. The zero-order valence-corrected chi connectivity index (χ0v) is 22.1. The van der Waals surface area contributed by atoms with Gasteiger partial charge in [0.1, 0.15) is 5.82 Å².